The fraction of sp³-hybridized carbons (Fsp3) is 0.435. The van der Waals surface area contributed by atoms with Gasteiger partial charge in [0.25, 0.3) is 5.91 Å². The van der Waals surface area contributed by atoms with Gasteiger partial charge in [0.2, 0.25) is 10.0 Å². The Bertz CT molecular complexity index is 1220. The van der Waals surface area contributed by atoms with Crippen LogP contribution in [-0.4, -0.2) is 63.9 Å². The molecule has 0 atom stereocenters. The van der Waals surface area contributed by atoms with E-state index in [-0.39, 0.29) is 42.7 Å². The first-order valence-corrected chi connectivity index (χ1v) is 13.7. The maximum atomic E-state index is 13.4. The zero-order valence-corrected chi connectivity index (χ0v) is 20.8. The highest BCUT2D eigenvalue weighted by Crippen LogP contribution is 2.29. The number of rotatable bonds is 5. The molecule has 0 aromatic heterocycles. The number of carbonyl (C=O) groups is 1. The topological polar surface area (TPSA) is 91.8 Å². The van der Waals surface area contributed by atoms with Crippen LogP contribution in [0.3, 0.4) is 0 Å². The van der Waals surface area contributed by atoms with Crippen molar-refractivity contribution in [2.45, 2.75) is 44.4 Å². The Morgan fingerprint density at radius 3 is 1.81 bits per heavy atom. The molecule has 1 amide bonds. The van der Waals surface area contributed by atoms with Gasteiger partial charge in [0.05, 0.1) is 15.5 Å². The van der Waals surface area contributed by atoms with Crippen LogP contribution in [-0.2, 0) is 19.9 Å². The molecule has 3 rings (SSSR count). The number of piperazine rings is 1. The van der Waals surface area contributed by atoms with Crippen molar-refractivity contribution < 1.29 is 21.6 Å². The molecular formula is C23H30N2O5S2. The summed E-state index contributed by atoms with van der Waals surface area (Å²) in [6.07, 6.45) is 0. The van der Waals surface area contributed by atoms with E-state index in [9.17, 15) is 21.6 Å². The van der Waals surface area contributed by atoms with Crippen molar-refractivity contribution in [3.05, 3.63) is 58.1 Å². The summed E-state index contributed by atoms with van der Waals surface area (Å²) in [5, 5.41) is 0. The van der Waals surface area contributed by atoms with Crippen LogP contribution in [0.25, 0.3) is 0 Å². The lowest BCUT2D eigenvalue weighted by Gasteiger charge is -2.35. The maximum absolute atomic E-state index is 13.4. The standard InChI is InChI=1S/C23H30N2O5S2/c1-6-31(27,28)21-9-7-20(8-10-21)23(26)24-11-13-25(14-12-24)32(29,30)22-18(4)16(2)15-17(3)19(22)5/h7-10,15H,6,11-14H2,1-5H3. The number of benzene rings is 2. The van der Waals surface area contributed by atoms with Crippen LogP contribution in [0.1, 0.15) is 39.5 Å². The Morgan fingerprint density at radius 2 is 1.34 bits per heavy atom. The van der Waals surface area contributed by atoms with Crippen molar-refractivity contribution in [2.75, 3.05) is 31.9 Å². The summed E-state index contributed by atoms with van der Waals surface area (Å²) < 4.78 is 52.2. The molecule has 0 unspecified atom stereocenters. The quantitative estimate of drug-likeness (QED) is 0.659. The molecule has 174 valence electrons. The zero-order valence-electron chi connectivity index (χ0n) is 19.2. The van der Waals surface area contributed by atoms with E-state index in [1.807, 2.05) is 33.8 Å². The predicted molar refractivity (Wildman–Crippen MR) is 124 cm³/mol. The van der Waals surface area contributed by atoms with Gasteiger partial charge in [0, 0.05) is 31.7 Å². The van der Waals surface area contributed by atoms with Crippen LogP contribution in [0.15, 0.2) is 40.1 Å². The molecular weight excluding hydrogens is 448 g/mol. The first kappa shape index (κ1) is 24.4. The number of nitrogens with zero attached hydrogens (tertiary/aromatic N) is 2. The molecule has 7 nitrogen and oxygen atoms in total. The van der Waals surface area contributed by atoms with Crippen molar-refractivity contribution in [3.8, 4) is 0 Å². The minimum Gasteiger partial charge on any atom is -0.336 e. The second kappa shape index (κ2) is 8.96. The lowest BCUT2D eigenvalue weighted by Crippen LogP contribution is -2.50. The zero-order chi connectivity index (χ0) is 23.8. The monoisotopic (exact) mass is 478 g/mol. The van der Waals surface area contributed by atoms with Gasteiger partial charge in [-0.25, -0.2) is 16.8 Å². The Kier molecular flexibility index (Phi) is 6.83. The van der Waals surface area contributed by atoms with E-state index < -0.39 is 19.9 Å². The molecule has 0 radical (unpaired) electrons. The highest BCUT2D eigenvalue weighted by atomic mass is 32.2. The van der Waals surface area contributed by atoms with Crippen LogP contribution in [0.2, 0.25) is 0 Å². The number of hydrogen-bond donors (Lipinski definition) is 0. The predicted octanol–water partition coefficient (Wildman–Crippen LogP) is 2.86. The van der Waals surface area contributed by atoms with Crippen molar-refractivity contribution in [2.24, 2.45) is 0 Å². The Hall–Kier alpha value is -2.23. The van der Waals surface area contributed by atoms with E-state index in [2.05, 4.69) is 0 Å². The molecule has 0 aliphatic carbocycles. The third kappa shape index (κ3) is 4.46. The first-order chi connectivity index (χ1) is 14.9. The SMILES string of the molecule is CCS(=O)(=O)c1ccc(C(=O)N2CCN(S(=O)(=O)c3c(C)c(C)cc(C)c3C)CC2)cc1. The second-order valence-corrected chi connectivity index (χ2v) is 12.4. The highest BCUT2D eigenvalue weighted by molar-refractivity contribution is 7.91. The second-order valence-electron chi connectivity index (χ2n) is 8.21. The van der Waals surface area contributed by atoms with Crippen LogP contribution >= 0.6 is 0 Å². The summed E-state index contributed by atoms with van der Waals surface area (Å²) in [4.78, 5) is 15.0. The summed E-state index contributed by atoms with van der Waals surface area (Å²) in [7, 11) is -7.01. The number of amides is 1. The molecule has 1 saturated heterocycles. The summed E-state index contributed by atoms with van der Waals surface area (Å²) in [6.45, 7) is 10.0. The van der Waals surface area contributed by atoms with Crippen LogP contribution in [0.4, 0.5) is 0 Å². The third-order valence-electron chi connectivity index (χ3n) is 6.26. The van der Waals surface area contributed by atoms with Gasteiger partial charge in [-0.05, 0) is 74.2 Å². The molecule has 0 spiro atoms. The number of hydrogen-bond acceptors (Lipinski definition) is 5. The van der Waals surface area contributed by atoms with Crippen molar-refractivity contribution in [3.63, 3.8) is 0 Å². The van der Waals surface area contributed by atoms with Crippen LogP contribution in [0.5, 0.6) is 0 Å². The molecule has 1 heterocycles. The smallest absolute Gasteiger partial charge is 0.253 e. The van der Waals surface area contributed by atoms with Gasteiger partial charge in [-0.2, -0.15) is 4.31 Å². The van der Waals surface area contributed by atoms with E-state index >= 15 is 0 Å². The van der Waals surface area contributed by atoms with Gasteiger partial charge < -0.3 is 4.90 Å². The van der Waals surface area contributed by atoms with Crippen LogP contribution < -0.4 is 0 Å². The third-order valence-corrected chi connectivity index (χ3v) is 10.2. The molecule has 2 aromatic carbocycles. The summed E-state index contributed by atoms with van der Waals surface area (Å²) in [6, 6.07) is 7.90. The summed E-state index contributed by atoms with van der Waals surface area (Å²) >= 11 is 0. The Balaban J connectivity index is 1.76. The number of sulfonamides is 1. The minimum atomic E-state index is -3.68. The Morgan fingerprint density at radius 1 is 0.844 bits per heavy atom. The van der Waals surface area contributed by atoms with Crippen molar-refractivity contribution >= 4 is 25.8 Å². The largest absolute Gasteiger partial charge is 0.336 e. The molecule has 1 aliphatic heterocycles. The molecule has 1 aliphatic rings. The Labute approximate surface area is 191 Å². The fourth-order valence-electron chi connectivity index (χ4n) is 3.98. The molecule has 0 bridgehead atoms. The fourth-order valence-corrected chi connectivity index (χ4v) is 6.86. The van der Waals surface area contributed by atoms with Crippen LogP contribution in [0, 0.1) is 27.7 Å². The summed E-state index contributed by atoms with van der Waals surface area (Å²) in [5.74, 6) is -0.239. The molecule has 9 heteroatoms. The molecule has 0 saturated carbocycles. The highest BCUT2D eigenvalue weighted by Gasteiger charge is 2.33. The van der Waals surface area contributed by atoms with Gasteiger partial charge in [-0.3, -0.25) is 4.79 Å². The van der Waals surface area contributed by atoms with Gasteiger partial charge in [0.1, 0.15) is 0 Å². The first-order valence-electron chi connectivity index (χ1n) is 10.6. The van der Waals surface area contributed by atoms with Crippen molar-refractivity contribution in [1.29, 1.82) is 0 Å². The van der Waals surface area contributed by atoms with E-state index in [1.165, 1.54) is 28.6 Å². The minimum absolute atomic E-state index is 0.00383. The average Bonchev–Trinajstić information content (AvgIpc) is 2.77. The van der Waals surface area contributed by atoms with Gasteiger partial charge in [0.15, 0.2) is 9.84 Å². The number of carbonyl (C=O) groups excluding carboxylic acids is 1. The number of sulfone groups is 1. The average molecular weight is 479 g/mol. The molecule has 32 heavy (non-hydrogen) atoms. The number of aryl methyl sites for hydroxylation is 2. The molecule has 2 aromatic rings. The lowest BCUT2D eigenvalue weighted by molar-refractivity contribution is 0.0697. The van der Waals surface area contributed by atoms with Gasteiger partial charge in [-0.15, -0.1) is 0 Å². The van der Waals surface area contributed by atoms with Gasteiger partial charge in [-0.1, -0.05) is 13.0 Å². The van der Waals surface area contributed by atoms with Crippen molar-refractivity contribution in [1.82, 2.24) is 9.21 Å². The normalized spacial score (nSPS) is 15.7. The van der Waals surface area contributed by atoms with E-state index in [4.69, 9.17) is 0 Å². The summed E-state index contributed by atoms with van der Waals surface area (Å²) in [5.41, 5.74) is 3.78. The van der Waals surface area contributed by atoms with E-state index in [1.54, 1.807) is 11.8 Å². The van der Waals surface area contributed by atoms with E-state index in [0.29, 0.717) is 10.5 Å². The lowest BCUT2D eigenvalue weighted by atomic mass is 10.0. The maximum Gasteiger partial charge on any atom is 0.253 e. The molecule has 0 N–H and O–H groups in total. The molecule has 1 fully saturated rings. The van der Waals surface area contributed by atoms with E-state index in [0.717, 1.165) is 22.3 Å². The van der Waals surface area contributed by atoms with Gasteiger partial charge >= 0.3 is 0 Å².